The van der Waals surface area contributed by atoms with E-state index in [1.807, 2.05) is 0 Å². The largest absolute Gasteiger partial charge is 0.790 e. The molecule has 0 radical (unpaired) electrons. The maximum absolute atomic E-state index is 11.8. The van der Waals surface area contributed by atoms with Gasteiger partial charge in [-0.25, -0.2) is 4.79 Å². The number of nitrogens with one attached hydrogen (secondary N) is 1. The summed E-state index contributed by atoms with van der Waals surface area (Å²) in [5, 5.41) is 19.8. The molecule has 5 atom stereocenters. The van der Waals surface area contributed by atoms with Gasteiger partial charge in [-0.1, -0.05) is 12.2 Å². The Bertz CT molecular complexity index is 842. The normalized spacial score (nSPS) is 26.3. The second-order valence-electron chi connectivity index (χ2n) is 4.84. The Kier molecular flexibility index (Phi) is 11.3. The molecule has 0 spiro atoms. The fourth-order valence-corrected chi connectivity index (χ4v) is 3.68. The number of H-pyrrole nitrogens is 1. The molecule has 28 heavy (non-hydrogen) atoms. The summed E-state index contributed by atoms with van der Waals surface area (Å²) < 4.78 is 35.0. The van der Waals surface area contributed by atoms with Crippen molar-refractivity contribution < 1.29 is 47.6 Å². The molecule has 15 N–H and O–H groups in total. The first kappa shape index (κ1) is 29.3. The molecule has 2 rings (SSSR count). The zero-order chi connectivity index (χ0) is 19.0. The molecule has 1 unspecified atom stereocenters. The van der Waals surface area contributed by atoms with Gasteiger partial charge >= 0.3 is 5.69 Å². The van der Waals surface area contributed by atoms with Crippen molar-refractivity contribution in [3.63, 3.8) is 0 Å². The minimum atomic E-state index is -5.86. The number of phosphoric ester groups is 1. The van der Waals surface area contributed by atoms with E-state index < -0.39 is 52.5 Å². The SMILES string of the molecule is O=c1[nH]c(=S)ccn1[C@@H]1O[C@H](COP(=O)([O-])OP(=O)([O-])[O-])[C@@H](O)[C@H]1O.[NH4+].[NH4+].[NH4+]. The molecule has 16 nitrogen and oxygen atoms in total. The van der Waals surface area contributed by atoms with Crippen molar-refractivity contribution in [3.05, 3.63) is 27.4 Å². The Labute approximate surface area is 162 Å². The molecule has 19 heteroatoms. The first-order chi connectivity index (χ1) is 11.4. The molecule has 0 aromatic carbocycles. The quantitative estimate of drug-likeness (QED) is 0.193. The standard InChI is InChI=1S/C9H14N2O11P2S.3H3N/c12-6-4(3-20-24(18,19)22-23(15,16)17)21-8(7(6)13)11-2-1-5(25)10-9(11)14;;;/h1-2,4,6-8,12-13H,3H2,(H,18,19)(H,10,14,25)(H2,15,16,17);3*1H3/t4-,6-,7-,8-;;;/m1.../s1. The van der Waals surface area contributed by atoms with E-state index in [4.69, 9.17) is 17.0 Å². The third-order valence-corrected chi connectivity index (χ3v) is 5.36. The van der Waals surface area contributed by atoms with E-state index in [1.165, 1.54) is 12.3 Å². The summed E-state index contributed by atoms with van der Waals surface area (Å²) in [5.74, 6) is 0. The van der Waals surface area contributed by atoms with E-state index in [0.717, 1.165) is 4.57 Å². The first-order valence-electron chi connectivity index (χ1n) is 6.42. The summed E-state index contributed by atoms with van der Waals surface area (Å²) in [4.78, 5) is 45.8. The van der Waals surface area contributed by atoms with Gasteiger partial charge in [-0.3, -0.25) is 18.4 Å². The van der Waals surface area contributed by atoms with E-state index in [2.05, 4.69) is 13.8 Å². The van der Waals surface area contributed by atoms with Gasteiger partial charge in [-0.15, -0.1) is 0 Å². The number of aliphatic hydroxyl groups excluding tert-OH is 2. The van der Waals surface area contributed by atoms with Crippen LogP contribution < -0.4 is 38.8 Å². The van der Waals surface area contributed by atoms with Crippen LogP contribution in [0.15, 0.2) is 17.1 Å². The molecule has 166 valence electrons. The van der Waals surface area contributed by atoms with Crippen molar-refractivity contribution in [2.45, 2.75) is 24.5 Å². The highest BCUT2D eigenvalue weighted by Gasteiger charge is 2.44. The first-order valence-corrected chi connectivity index (χ1v) is 9.75. The maximum atomic E-state index is 11.8. The van der Waals surface area contributed by atoms with Crippen LogP contribution in [0.25, 0.3) is 0 Å². The van der Waals surface area contributed by atoms with Crippen LogP contribution in [-0.2, 0) is 22.7 Å². The number of hydrogen-bond donors (Lipinski definition) is 6. The molecular formula is C9H23N5O11P2S. The van der Waals surface area contributed by atoms with Gasteiger partial charge < -0.3 is 57.2 Å². The lowest BCUT2D eigenvalue weighted by atomic mass is 10.1. The molecule has 2 heterocycles. The van der Waals surface area contributed by atoms with Crippen molar-refractivity contribution in [2.24, 2.45) is 0 Å². The van der Waals surface area contributed by atoms with Crippen LogP contribution in [0.2, 0.25) is 0 Å². The number of aromatic amines is 1. The van der Waals surface area contributed by atoms with E-state index in [9.17, 15) is 38.8 Å². The van der Waals surface area contributed by atoms with Crippen molar-refractivity contribution in [3.8, 4) is 0 Å². The van der Waals surface area contributed by atoms with Gasteiger partial charge in [0, 0.05) is 6.20 Å². The fraction of sp³-hybridized carbons (Fsp3) is 0.556. The van der Waals surface area contributed by atoms with Crippen molar-refractivity contribution in [2.75, 3.05) is 6.61 Å². The predicted molar refractivity (Wildman–Crippen MR) is 92.0 cm³/mol. The van der Waals surface area contributed by atoms with Crippen LogP contribution in [0.3, 0.4) is 0 Å². The van der Waals surface area contributed by atoms with Gasteiger partial charge in [0.2, 0.25) is 0 Å². The minimum Gasteiger partial charge on any atom is -0.790 e. The molecule has 1 aliphatic rings. The van der Waals surface area contributed by atoms with Crippen LogP contribution in [-0.4, -0.2) is 44.7 Å². The fourth-order valence-electron chi connectivity index (χ4n) is 2.04. The summed E-state index contributed by atoms with van der Waals surface area (Å²) >= 11 is 4.74. The van der Waals surface area contributed by atoms with E-state index >= 15 is 0 Å². The van der Waals surface area contributed by atoms with Crippen LogP contribution in [0, 0.1) is 4.64 Å². The number of aromatic nitrogens is 2. The van der Waals surface area contributed by atoms with Gasteiger partial charge in [0.25, 0.3) is 7.82 Å². The van der Waals surface area contributed by atoms with Crippen LogP contribution in [0.5, 0.6) is 0 Å². The zero-order valence-electron chi connectivity index (χ0n) is 15.0. The average Bonchev–Trinajstić information content (AvgIpc) is 2.71. The van der Waals surface area contributed by atoms with Crippen molar-refractivity contribution >= 4 is 27.9 Å². The number of rotatable bonds is 6. The molecule has 0 amide bonds. The molecular weight excluding hydrogens is 448 g/mol. The molecule has 1 fully saturated rings. The highest BCUT2D eigenvalue weighted by atomic mass is 32.1. The summed E-state index contributed by atoms with van der Waals surface area (Å²) in [6.07, 6.45) is -5.03. The molecule has 0 aliphatic carbocycles. The molecule has 1 aromatic heterocycles. The third kappa shape index (κ3) is 7.51. The summed E-state index contributed by atoms with van der Waals surface area (Å²) in [6, 6.07) is 1.31. The third-order valence-electron chi connectivity index (χ3n) is 3.06. The molecule has 1 saturated heterocycles. The minimum absolute atomic E-state index is 0. The van der Waals surface area contributed by atoms with Crippen LogP contribution in [0.4, 0.5) is 0 Å². The Hall–Kier alpha value is -0.880. The number of ether oxygens (including phenoxy) is 1. The van der Waals surface area contributed by atoms with Crippen molar-refractivity contribution in [1.29, 1.82) is 0 Å². The summed E-state index contributed by atoms with van der Waals surface area (Å²) in [5.41, 5.74) is -0.762. The molecule has 1 aromatic rings. The van der Waals surface area contributed by atoms with Crippen molar-refractivity contribution in [1.82, 2.24) is 28.0 Å². The Balaban J connectivity index is 0. The topological polar surface area (TPSA) is 319 Å². The Morgan fingerprint density at radius 2 is 1.79 bits per heavy atom. The second-order valence-corrected chi connectivity index (χ2v) is 7.98. The lowest BCUT2D eigenvalue weighted by Gasteiger charge is -2.35. The average molecular weight is 471 g/mol. The highest BCUT2D eigenvalue weighted by molar-refractivity contribution is 7.71. The second kappa shape index (κ2) is 10.8. The summed E-state index contributed by atoms with van der Waals surface area (Å²) in [7, 11) is -11.4. The Morgan fingerprint density at radius 1 is 1.21 bits per heavy atom. The smallest absolute Gasteiger partial charge is 0.328 e. The lowest BCUT2D eigenvalue weighted by Crippen LogP contribution is -2.36. The van der Waals surface area contributed by atoms with Gasteiger partial charge in [0.15, 0.2) is 6.23 Å². The molecule has 0 bridgehead atoms. The van der Waals surface area contributed by atoms with Gasteiger partial charge in [0.1, 0.15) is 23.0 Å². The Morgan fingerprint density at radius 3 is 2.29 bits per heavy atom. The van der Waals surface area contributed by atoms with E-state index in [0.29, 0.717) is 0 Å². The number of aliphatic hydroxyl groups is 2. The van der Waals surface area contributed by atoms with Gasteiger partial charge in [-0.2, -0.15) is 0 Å². The predicted octanol–water partition coefficient (Wildman–Crippen LogP) is -2.02. The number of hydrogen-bond acceptors (Lipinski definition) is 12. The zero-order valence-corrected chi connectivity index (χ0v) is 17.6. The number of phosphoric acid groups is 2. The van der Waals surface area contributed by atoms with E-state index in [-0.39, 0.29) is 23.1 Å². The molecule has 1 aliphatic heterocycles. The number of quaternary nitrogens is 3. The van der Waals surface area contributed by atoms with Crippen LogP contribution >= 0.6 is 27.9 Å². The van der Waals surface area contributed by atoms with Gasteiger partial charge in [0.05, 0.1) is 14.4 Å². The van der Waals surface area contributed by atoms with Crippen LogP contribution in [0.1, 0.15) is 6.23 Å². The van der Waals surface area contributed by atoms with Gasteiger partial charge in [-0.05, 0) is 6.07 Å². The van der Waals surface area contributed by atoms with E-state index in [1.54, 1.807) is 0 Å². The number of nitrogens with zero attached hydrogens (tertiary/aromatic N) is 1. The summed E-state index contributed by atoms with van der Waals surface area (Å²) in [6.45, 7) is -0.979. The highest BCUT2D eigenvalue weighted by Crippen LogP contribution is 2.50. The monoisotopic (exact) mass is 471 g/mol. The molecule has 0 saturated carbocycles. The lowest BCUT2D eigenvalue weighted by molar-refractivity contribution is -0.339. The maximum Gasteiger partial charge on any atom is 0.328 e.